The summed E-state index contributed by atoms with van der Waals surface area (Å²) in [5, 5.41) is 4.06. The molecule has 66 valence electrons. The van der Waals surface area contributed by atoms with Crippen LogP contribution in [0.25, 0.3) is 0 Å². The Hall–Kier alpha value is -0.900. The summed E-state index contributed by atoms with van der Waals surface area (Å²) in [6.45, 7) is 0.694. The van der Waals surface area contributed by atoms with Gasteiger partial charge in [-0.3, -0.25) is 4.68 Å². The Labute approximate surface area is 71.8 Å². The summed E-state index contributed by atoms with van der Waals surface area (Å²) in [5.41, 5.74) is 5.89. The number of aryl methyl sites for hydroxylation is 1. The van der Waals surface area contributed by atoms with Crippen molar-refractivity contribution < 1.29 is 0 Å². The van der Waals surface area contributed by atoms with Crippen molar-refractivity contribution in [3.05, 3.63) is 12.2 Å². The van der Waals surface area contributed by atoms with Gasteiger partial charge in [-0.05, 0) is 12.8 Å². The van der Waals surface area contributed by atoms with E-state index in [2.05, 4.69) is 10.1 Å². The van der Waals surface area contributed by atoms with Crippen LogP contribution in [0.1, 0.15) is 25.1 Å². The minimum Gasteiger partial charge on any atom is -0.329 e. The first kappa shape index (κ1) is 7.73. The smallest absolute Gasteiger partial charge is 0.138 e. The first-order valence-corrected chi connectivity index (χ1v) is 4.33. The Morgan fingerprint density at radius 3 is 2.75 bits per heavy atom. The van der Waals surface area contributed by atoms with Crippen molar-refractivity contribution in [3.63, 3.8) is 0 Å². The van der Waals surface area contributed by atoms with Crippen molar-refractivity contribution in [1.82, 2.24) is 14.8 Å². The van der Waals surface area contributed by atoms with E-state index in [4.69, 9.17) is 5.73 Å². The second-order valence-corrected chi connectivity index (χ2v) is 3.55. The van der Waals surface area contributed by atoms with Crippen molar-refractivity contribution in [2.24, 2.45) is 12.8 Å². The maximum absolute atomic E-state index is 5.75. The molecule has 1 aromatic rings. The molecule has 1 saturated carbocycles. The zero-order valence-electron chi connectivity index (χ0n) is 7.32. The minimum absolute atomic E-state index is 0.144. The number of rotatable bonds is 2. The van der Waals surface area contributed by atoms with Gasteiger partial charge in [0, 0.05) is 19.0 Å². The quantitative estimate of drug-likeness (QED) is 0.682. The SMILES string of the molecule is Cn1ncnc1C1(CN)CCC1. The summed E-state index contributed by atoms with van der Waals surface area (Å²) < 4.78 is 1.84. The molecule has 1 aromatic heterocycles. The van der Waals surface area contributed by atoms with Crippen LogP contribution in [0.2, 0.25) is 0 Å². The van der Waals surface area contributed by atoms with E-state index in [1.54, 1.807) is 6.33 Å². The maximum Gasteiger partial charge on any atom is 0.138 e. The number of hydrogen-bond donors (Lipinski definition) is 1. The Kier molecular flexibility index (Phi) is 1.65. The number of nitrogens with zero attached hydrogens (tertiary/aromatic N) is 3. The van der Waals surface area contributed by atoms with E-state index in [0.717, 1.165) is 18.7 Å². The van der Waals surface area contributed by atoms with Crippen LogP contribution in [0.5, 0.6) is 0 Å². The average Bonchev–Trinajstić information content (AvgIpc) is 2.36. The van der Waals surface area contributed by atoms with Crippen LogP contribution < -0.4 is 5.73 Å². The molecule has 0 amide bonds. The van der Waals surface area contributed by atoms with Gasteiger partial charge in [0.05, 0.1) is 0 Å². The molecule has 0 aliphatic heterocycles. The van der Waals surface area contributed by atoms with E-state index < -0.39 is 0 Å². The molecule has 4 heteroatoms. The molecule has 2 rings (SSSR count). The number of aromatic nitrogens is 3. The molecule has 0 unspecified atom stereocenters. The average molecular weight is 166 g/mol. The van der Waals surface area contributed by atoms with Crippen LogP contribution in [0.3, 0.4) is 0 Å². The molecule has 0 spiro atoms. The van der Waals surface area contributed by atoms with Gasteiger partial charge in [-0.2, -0.15) is 5.10 Å². The molecule has 0 aromatic carbocycles. The fourth-order valence-corrected chi connectivity index (χ4v) is 1.90. The summed E-state index contributed by atoms with van der Waals surface area (Å²) >= 11 is 0. The molecule has 1 heterocycles. The first-order valence-electron chi connectivity index (χ1n) is 4.33. The monoisotopic (exact) mass is 166 g/mol. The van der Waals surface area contributed by atoms with E-state index in [0.29, 0.717) is 6.54 Å². The van der Waals surface area contributed by atoms with Gasteiger partial charge in [-0.1, -0.05) is 6.42 Å². The van der Waals surface area contributed by atoms with Gasteiger partial charge < -0.3 is 5.73 Å². The lowest BCUT2D eigenvalue weighted by Crippen LogP contribution is -2.43. The molecule has 4 nitrogen and oxygen atoms in total. The topological polar surface area (TPSA) is 56.7 Å². The van der Waals surface area contributed by atoms with Crippen molar-refractivity contribution in [3.8, 4) is 0 Å². The van der Waals surface area contributed by atoms with Crippen molar-refractivity contribution in [2.75, 3.05) is 6.54 Å². The van der Waals surface area contributed by atoms with Gasteiger partial charge in [0.25, 0.3) is 0 Å². The van der Waals surface area contributed by atoms with Crippen molar-refractivity contribution in [1.29, 1.82) is 0 Å². The van der Waals surface area contributed by atoms with Gasteiger partial charge in [0.1, 0.15) is 12.2 Å². The van der Waals surface area contributed by atoms with Crippen LogP contribution in [0.15, 0.2) is 6.33 Å². The van der Waals surface area contributed by atoms with Gasteiger partial charge in [-0.25, -0.2) is 4.98 Å². The van der Waals surface area contributed by atoms with E-state index >= 15 is 0 Å². The standard InChI is InChI=1S/C8H14N4/c1-12-7(10-6-11-12)8(5-9)3-2-4-8/h6H,2-5,9H2,1H3. The van der Waals surface area contributed by atoms with E-state index in [9.17, 15) is 0 Å². The molecule has 0 atom stereocenters. The molecule has 2 N–H and O–H groups in total. The fourth-order valence-electron chi connectivity index (χ4n) is 1.90. The van der Waals surface area contributed by atoms with Crippen LogP contribution in [-0.4, -0.2) is 21.3 Å². The van der Waals surface area contributed by atoms with Crippen LogP contribution in [0, 0.1) is 0 Å². The molecule has 1 aliphatic carbocycles. The lowest BCUT2D eigenvalue weighted by Gasteiger charge is -2.39. The lowest BCUT2D eigenvalue weighted by atomic mass is 9.68. The van der Waals surface area contributed by atoms with E-state index in [1.165, 1.54) is 6.42 Å². The summed E-state index contributed by atoms with van der Waals surface area (Å²) in [6, 6.07) is 0. The summed E-state index contributed by atoms with van der Waals surface area (Å²) in [4.78, 5) is 4.25. The largest absolute Gasteiger partial charge is 0.329 e. The molecule has 0 bridgehead atoms. The van der Waals surface area contributed by atoms with E-state index in [1.807, 2.05) is 11.7 Å². The highest BCUT2D eigenvalue weighted by Crippen LogP contribution is 2.41. The maximum atomic E-state index is 5.75. The third kappa shape index (κ3) is 0.876. The van der Waals surface area contributed by atoms with Gasteiger partial charge in [-0.15, -0.1) is 0 Å². The van der Waals surface area contributed by atoms with Crippen LogP contribution in [-0.2, 0) is 12.5 Å². The number of nitrogens with two attached hydrogens (primary N) is 1. The Balaban J connectivity index is 2.33. The third-order valence-electron chi connectivity index (χ3n) is 2.89. The highest BCUT2D eigenvalue weighted by atomic mass is 15.3. The third-order valence-corrected chi connectivity index (χ3v) is 2.89. The zero-order chi connectivity index (χ0) is 8.60. The highest BCUT2D eigenvalue weighted by molar-refractivity contribution is 5.13. The summed E-state index contributed by atoms with van der Waals surface area (Å²) in [6.07, 6.45) is 5.20. The van der Waals surface area contributed by atoms with Crippen molar-refractivity contribution >= 4 is 0 Å². The second kappa shape index (κ2) is 2.55. The number of hydrogen-bond acceptors (Lipinski definition) is 3. The predicted octanol–water partition coefficient (Wildman–Crippen LogP) is 0.196. The van der Waals surface area contributed by atoms with Gasteiger partial charge in [0.2, 0.25) is 0 Å². The molecule has 12 heavy (non-hydrogen) atoms. The van der Waals surface area contributed by atoms with Gasteiger partial charge in [0.15, 0.2) is 0 Å². The first-order chi connectivity index (χ1) is 5.78. The minimum atomic E-state index is 0.144. The zero-order valence-corrected chi connectivity index (χ0v) is 7.32. The van der Waals surface area contributed by atoms with Crippen molar-refractivity contribution in [2.45, 2.75) is 24.7 Å². The Morgan fingerprint density at radius 2 is 2.42 bits per heavy atom. The summed E-state index contributed by atoms with van der Waals surface area (Å²) in [7, 11) is 1.93. The Morgan fingerprint density at radius 1 is 1.67 bits per heavy atom. The molecule has 0 saturated heterocycles. The highest BCUT2D eigenvalue weighted by Gasteiger charge is 2.40. The molecule has 1 aliphatic rings. The summed E-state index contributed by atoms with van der Waals surface area (Å²) in [5.74, 6) is 1.05. The fraction of sp³-hybridized carbons (Fsp3) is 0.750. The van der Waals surface area contributed by atoms with Crippen LogP contribution in [0.4, 0.5) is 0 Å². The second-order valence-electron chi connectivity index (χ2n) is 3.55. The molecular weight excluding hydrogens is 152 g/mol. The van der Waals surface area contributed by atoms with E-state index in [-0.39, 0.29) is 5.41 Å². The normalized spacial score (nSPS) is 20.5. The molecule has 1 fully saturated rings. The molecule has 0 radical (unpaired) electrons. The van der Waals surface area contributed by atoms with Crippen LogP contribution >= 0.6 is 0 Å². The molecular formula is C8H14N4. The Bertz CT molecular complexity index is 269. The predicted molar refractivity (Wildman–Crippen MR) is 45.6 cm³/mol. The lowest BCUT2D eigenvalue weighted by molar-refractivity contribution is 0.230. The van der Waals surface area contributed by atoms with Gasteiger partial charge >= 0.3 is 0 Å².